The van der Waals surface area contributed by atoms with E-state index in [2.05, 4.69) is 17.3 Å². The summed E-state index contributed by atoms with van der Waals surface area (Å²) in [6, 6.07) is 15.0. The van der Waals surface area contributed by atoms with Crippen LogP contribution in [0.1, 0.15) is 23.1 Å². The molecule has 5 heteroatoms. The molecule has 1 aliphatic carbocycles. The topological polar surface area (TPSA) is 66.7 Å². The maximum atomic E-state index is 11.6. The monoisotopic (exact) mass is 341 g/mol. The first-order valence-electron chi connectivity index (χ1n) is 7.76. The van der Waals surface area contributed by atoms with Crippen LogP contribution in [0.15, 0.2) is 58.6 Å². The van der Waals surface area contributed by atoms with Crippen molar-refractivity contribution in [1.82, 2.24) is 0 Å². The Morgan fingerprint density at radius 2 is 1.83 bits per heavy atom. The van der Waals surface area contributed by atoms with Crippen molar-refractivity contribution in [2.45, 2.75) is 17.7 Å². The van der Waals surface area contributed by atoms with Crippen molar-refractivity contribution in [3.8, 4) is 0 Å². The first kappa shape index (κ1) is 16.5. The number of hydrogen-bond acceptors (Lipinski definition) is 4. The molecule has 1 N–H and O–H groups in total. The molecule has 0 amide bonds. The molecular weight excluding hydrogens is 322 g/mol. The molecule has 124 valence electrons. The maximum Gasteiger partial charge on any atom is 0.175 e. The van der Waals surface area contributed by atoms with Gasteiger partial charge in [0, 0.05) is 12.2 Å². The van der Waals surface area contributed by atoms with Crippen LogP contribution in [0, 0.1) is 5.92 Å². The Labute approximate surface area is 142 Å². The molecule has 0 saturated carbocycles. The average molecular weight is 341 g/mol. The minimum absolute atomic E-state index is 0.0412. The van der Waals surface area contributed by atoms with E-state index in [1.807, 2.05) is 18.2 Å². The lowest BCUT2D eigenvalue weighted by Gasteiger charge is -2.25. The van der Waals surface area contributed by atoms with Gasteiger partial charge in [-0.25, -0.2) is 8.42 Å². The summed E-state index contributed by atoms with van der Waals surface area (Å²) in [5.41, 5.74) is 4.44. The predicted octanol–water partition coefficient (Wildman–Crippen LogP) is 3.65. The van der Waals surface area contributed by atoms with Gasteiger partial charge in [0.1, 0.15) is 0 Å². The lowest BCUT2D eigenvalue weighted by Crippen LogP contribution is -2.14. The molecule has 0 radical (unpaired) electrons. The van der Waals surface area contributed by atoms with Crippen LogP contribution in [-0.4, -0.2) is 26.1 Å². The van der Waals surface area contributed by atoms with Crippen molar-refractivity contribution in [3.63, 3.8) is 0 Å². The molecule has 0 spiro atoms. The first-order valence-corrected chi connectivity index (χ1v) is 9.66. The van der Waals surface area contributed by atoms with E-state index in [1.54, 1.807) is 30.5 Å². The Morgan fingerprint density at radius 3 is 2.50 bits per heavy atom. The van der Waals surface area contributed by atoms with Crippen molar-refractivity contribution in [3.05, 3.63) is 65.2 Å². The first-order chi connectivity index (χ1) is 11.5. The van der Waals surface area contributed by atoms with Gasteiger partial charge in [-0.3, -0.25) is 0 Å². The number of benzene rings is 2. The van der Waals surface area contributed by atoms with Gasteiger partial charge in [-0.1, -0.05) is 42.5 Å². The highest BCUT2D eigenvalue weighted by Crippen LogP contribution is 2.36. The van der Waals surface area contributed by atoms with E-state index in [4.69, 9.17) is 5.21 Å². The summed E-state index contributed by atoms with van der Waals surface area (Å²) >= 11 is 0. The Hall–Kier alpha value is -2.40. The van der Waals surface area contributed by atoms with Crippen molar-refractivity contribution >= 4 is 27.7 Å². The average Bonchev–Trinajstić information content (AvgIpc) is 2.57. The maximum absolute atomic E-state index is 11.6. The molecule has 2 aromatic carbocycles. The highest BCUT2D eigenvalue weighted by Gasteiger charge is 2.22. The van der Waals surface area contributed by atoms with E-state index in [1.165, 1.54) is 11.8 Å². The number of hydrogen-bond donors (Lipinski definition) is 1. The second-order valence-corrected chi connectivity index (χ2v) is 8.02. The van der Waals surface area contributed by atoms with Crippen LogP contribution in [-0.2, 0) is 16.3 Å². The van der Waals surface area contributed by atoms with Crippen molar-refractivity contribution in [2.75, 3.05) is 6.26 Å². The smallest absolute Gasteiger partial charge is 0.175 e. The molecule has 1 unspecified atom stereocenters. The molecule has 24 heavy (non-hydrogen) atoms. The van der Waals surface area contributed by atoms with Crippen LogP contribution < -0.4 is 0 Å². The quantitative estimate of drug-likeness (QED) is 0.526. The van der Waals surface area contributed by atoms with Crippen LogP contribution in [0.3, 0.4) is 0 Å². The summed E-state index contributed by atoms with van der Waals surface area (Å²) in [5, 5.41) is 12.2. The SMILES string of the molecule is CS(=O)(=O)c1ccc(/C=C2/c3ccccc3CCC2C=NO)cc1. The lowest BCUT2D eigenvalue weighted by molar-refractivity contribution is 0.319. The van der Waals surface area contributed by atoms with Gasteiger partial charge in [0.2, 0.25) is 0 Å². The second kappa shape index (κ2) is 6.61. The second-order valence-electron chi connectivity index (χ2n) is 6.01. The number of oxime groups is 1. The Kier molecular flexibility index (Phi) is 4.53. The van der Waals surface area contributed by atoms with Gasteiger partial charge in [0.15, 0.2) is 9.84 Å². The predicted molar refractivity (Wildman–Crippen MR) is 96.0 cm³/mol. The van der Waals surface area contributed by atoms with Crippen molar-refractivity contribution in [2.24, 2.45) is 11.1 Å². The Balaban J connectivity index is 2.05. The third-order valence-corrected chi connectivity index (χ3v) is 5.46. The minimum atomic E-state index is -3.20. The highest BCUT2D eigenvalue weighted by molar-refractivity contribution is 7.90. The molecule has 1 aliphatic rings. The lowest BCUT2D eigenvalue weighted by atomic mass is 9.79. The zero-order valence-corrected chi connectivity index (χ0v) is 14.2. The third-order valence-electron chi connectivity index (χ3n) is 4.33. The fourth-order valence-corrected chi connectivity index (χ4v) is 3.73. The van der Waals surface area contributed by atoms with Crippen molar-refractivity contribution in [1.29, 1.82) is 0 Å². The molecule has 0 aliphatic heterocycles. The summed E-state index contributed by atoms with van der Waals surface area (Å²) in [4.78, 5) is 0.308. The molecule has 0 bridgehead atoms. The van der Waals surface area contributed by atoms with Crippen LogP contribution in [0.2, 0.25) is 0 Å². The molecular formula is C19H19NO3S. The van der Waals surface area contributed by atoms with Gasteiger partial charge in [0.25, 0.3) is 0 Å². The summed E-state index contributed by atoms with van der Waals surface area (Å²) in [5.74, 6) is 0.0412. The Morgan fingerprint density at radius 1 is 1.12 bits per heavy atom. The van der Waals surface area contributed by atoms with Gasteiger partial charge < -0.3 is 5.21 Å². The largest absolute Gasteiger partial charge is 0.411 e. The minimum Gasteiger partial charge on any atom is -0.411 e. The van der Waals surface area contributed by atoms with Gasteiger partial charge >= 0.3 is 0 Å². The van der Waals surface area contributed by atoms with Crippen LogP contribution in [0.4, 0.5) is 0 Å². The summed E-state index contributed by atoms with van der Waals surface area (Å²) in [6.07, 6.45) is 6.63. The number of aryl methyl sites for hydroxylation is 1. The van der Waals surface area contributed by atoms with E-state index in [-0.39, 0.29) is 5.92 Å². The van der Waals surface area contributed by atoms with E-state index >= 15 is 0 Å². The molecule has 4 nitrogen and oxygen atoms in total. The third kappa shape index (κ3) is 3.41. The number of rotatable bonds is 3. The molecule has 0 saturated heterocycles. The fraction of sp³-hybridized carbons (Fsp3) is 0.211. The van der Waals surface area contributed by atoms with Gasteiger partial charge in [0.05, 0.1) is 11.1 Å². The van der Waals surface area contributed by atoms with E-state index in [0.29, 0.717) is 4.90 Å². The van der Waals surface area contributed by atoms with E-state index < -0.39 is 9.84 Å². The summed E-state index contributed by atoms with van der Waals surface area (Å²) in [6.45, 7) is 0. The van der Waals surface area contributed by atoms with Gasteiger partial charge in [-0.2, -0.15) is 0 Å². The standard InChI is InChI=1S/C19H19NO3S/c1-24(22,23)17-10-6-14(7-11-17)12-19-16(13-20-21)9-8-15-4-2-3-5-18(15)19/h2-7,10-13,16,21H,8-9H2,1H3/b19-12+,20-13?. The summed E-state index contributed by atoms with van der Waals surface area (Å²) < 4.78 is 23.1. The van der Waals surface area contributed by atoms with Crippen molar-refractivity contribution < 1.29 is 13.6 Å². The molecule has 1 atom stereocenters. The molecule has 0 fully saturated rings. The Bertz CT molecular complexity index is 896. The van der Waals surface area contributed by atoms with E-state index in [9.17, 15) is 8.42 Å². The highest BCUT2D eigenvalue weighted by atomic mass is 32.2. The molecule has 0 aromatic heterocycles. The summed E-state index contributed by atoms with van der Waals surface area (Å²) in [7, 11) is -3.20. The van der Waals surface area contributed by atoms with Gasteiger partial charge in [-0.15, -0.1) is 5.16 Å². The van der Waals surface area contributed by atoms with Crippen LogP contribution in [0.25, 0.3) is 11.6 Å². The zero-order valence-electron chi connectivity index (χ0n) is 13.4. The van der Waals surface area contributed by atoms with Crippen LogP contribution >= 0.6 is 0 Å². The zero-order chi connectivity index (χ0) is 17.2. The van der Waals surface area contributed by atoms with Crippen LogP contribution in [0.5, 0.6) is 0 Å². The van der Waals surface area contributed by atoms with Gasteiger partial charge in [-0.05, 0) is 47.2 Å². The fourth-order valence-electron chi connectivity index (χ4n) is 3.10. The number of sulfone groups is 1. The molecule has 2 aromatic rings. The van der Waals surface area contributed by atoms with E-state index in [0.717, 1.165) is 29.5 Å². The number of nitrogens with zero attached hydrogens (tertiary/aromatic N) is 1. The number of fused-ring (bicyclic) bond motifs is 1. The molecule has 3 rings (SSSR count). The normalized spacial score (nSPS) is 19.5. The number of allylic oxidation sites excluding steroid dienone is 1. The molecule has 0 heterocycles.